The van der Waals surface area contributed by atoms with E-state index in [9.17, 15) is 9.59 Å². The largest absolute Gasteiger partial charge is 0.492 e. The molecule has 1 aliphatic rings. The number of nitrogens with zero attached hydrogens (tertiary/aromatic N) is 3. The van der Waals surface area contributed by atoms with Gasteiger partial charge in [0, 0.05) is 37.7 Å². The van der Waals surface area contributed by atoms with Gasteiger partial charge >= 0.3 is 12.1 Å². The molecule has 0 spiro atoms. The minimum Gasteiger partial charge on any atom is -0.492 e. The second-order valence-electron chi connectivity index (χ2n) is 9.02. The lowest BCUT2D eigenvalue weighted by atomic mass is 9.96. The third kappa shape index (κ3) is 7.61. The minimum atomic E-state index is -1.11. The summed E-state index contributed by atoms with van der Waals surface area (Å²) in [5.74, 6) is 0.650. The first-order chi connectivity index (χ1) is 18.4. The molecule has 4 N–H and O–H groups in total. The lowest BCUT2D eigenvalue weighted by molar-refractivity contribution is -0.0576. The van der Waals surface area contributed by atoms with E-state index in [1.165, 1.54) is 11.1 Å². The molecule has 3 amide bonds. The summed E-state index contributed by atoms with van der Waals surface area (Å²) in [6.45, 7) is 4.98. The summed E-state index contributed by atoms with van der Waals surface area (Å²) in [6.07, 6.45) is -1.11. The monoisotopic (exact) mass is 537 g/mol. The van der Waals surface area contributed by atoms with Gasteiger partial charge in [0.05, 0.1) is 12.6 Å². The number of amides is 3. The van der Waals surface area contributed by atoms with Crippen molar-refractivity contribution < 1.29 is 19.2 Å². The Hall–Kier alpha value is -3.79. The number of benzene rings is 3. The van der Waals surface area contributed by atoms with E-state index >= 15 is 0 Å². The molecule has 38 heavy (non-hydrogen) atoms. The molecule has 1 aliphatic heterocycles. The summed E-state index contributed by atoms with van der Waals surface area (Å²) < 4.78 is 5.96. The highest BCUT2D eigenvalue weighted by Gasteiger charge is 2.26. The van der Waals surface area contributed by atoms with Crippen molar-refractivity contribution in [3.8, 4) is 5.75 Å². The predicted molar refractivity (Wildman–Crippen MR) is 145 cm³/mol. The molecule has 3 aromatic carbocycles. The van der Waals surface area contributed by atoms with Crippen LogP contribution in [0.5, 0.6) is 5.75 Å². The van der Waals surface area contributed by atoms with Crippen molar-refractivity contribution in [3.05, 3.63) is 101 Å². The Morgan fingerprint density at radius 3 is 2.24 bits per heavy atom. The number of urea groups is 1. The highest BCUT2D eigenvalue weighted by molar-refractivity contribution is 6.30. The molecule has 0 unspecified atom stereocenters. The number of rotatable bonds is 9. The van der Waals surface area contributed by atoms with E-state index in [2.05, 4.69) is 51.0 Å². The van der Waals surface area contributed by atoms with Gasteiger partial charge in [-0.25, -0.2) is 9.59 Å². The average Bonchev–Trinajstić information content (AvgIpc) is 2.91. The van der Waals surface area contributed by atoms with Crippen LogP contribution in [-0.2, 0) is 11.4 Å². The zero-order chi connectivity index (χ0) is 26.9. The van der Waals surface area contributed by atoms with Gasteiger partial charge in [-0.2, -0.15) is 0 Å². The van der Waals surface area contributed by atoms with Crippen LogP contribution in [0.15, 0.2) is 78.9 Å². The van der Waals surface area contributed by atoms with Gasteiger partial charge in [0.2, 0.25) is 0 Å². The Kier molecular flexibility index (Phi) is 9.42. The predicted octanol–water partition coefficient (Wildman–Crippen LogP) is 4.02. The highest BCUT2D eigenvalue weighted by atomic mass is 35.5. The molecule has 4 rings (SSSR count). The quantitative estimate of drug-likeness (QED) is 0.398. The van der Waals surface area contributed by atoms with Crippen molar-refractivity contribution in [2.24, 2.45) is 11.5 Å². The second-order valence-corrected chi connectivity index (χ2v) is 9.46. The van der Waals surface area contributed by atoms with Crippen molar-refractivity contribution >= 4 is 23.7 Å². The zero-order valence-corrected chi connectivity index (χ0v) is 21.8. The molecule has 10 heteroatoms. The SMILES string of the molecule is NC(=O)ON(Cc1cccc(OCCN2CCN([C@H](c3ccccc3)c3ccc(Cl)cc3)CC2)c1)C(N)=O. The second kappa shape index (κ2) is 13.1. The van der Waals surface area contributed by atoms with Crippen LogP contribution >= 0.6 is 11.6 Å². The maximum atomic E-state index is 11.5. The molecule has 1 atom stereocenters. The van der Waals surface area contributed by atoms with Crippen molar-refractivity contribution in [2.45, 2.75) is 12.6 Å². The Bertz CT molecular complexity index is 1200. The molecule has 1 saturated heterocycles. The lowest BCUT2D eigenvalue weighted by Gasteiger charge is -2.39. The Labute approximate surface area is 227 Å². The van der Waals surface area contributed by atoms with E-state index < -0.39 is 12.1 Å². The Balaban J connectivity index is 1.29. The number of hydroxylamine groups is 2. The Morgan fingerprint density at radius 1 is 0.895 bits per heavy atom. The highest BCUT2D eigenvalue weighted by Crippen LogP contribution is 2.30. The van der Waals surface area contributed by atoms with E-state index in [0.29, 0.717) is 23.0 Å². The van der Waals surface area contributed by atoms with Crippen LogP contribution in [-0.4, -0.2) is 66.3 Å². The number of ether oxygens (including phenoxy) is 1. The van der Waals surface area contributed by atoms with Gasteiger partial charge in [-0.15, -0.1) is 5.06 Å². The normalized spacial score (nSPS) is 15.0. The number of hydrogen-bond donors (Lipinski definition) is 2. The first-order valence-corrected chi connectivity index (χ1v) is 12.8. The molecule has 0 radical (unpaired) electrons. The van der Waals surface area contributed by atoms with Crippen molar-refractivity contribution in [3.63, 3.8) is 0 Å². The molecule has 1 heterocycles. The number of primary amides is 2. The average molecular weight is 538 g/mol. The van der Waals surface area contributed by atoms with Gasteiger partial charge in [0.15, 0.2) is 0 Å². The van der Waals surface area contributed by atoms with E-state index in [1.807, 2.05) is 24.3 Å². The first-order valence-electron chi connectivity index (χ1n) is 12.4. The van der Waals surface area contributed by atoms with Crippen LogP contribution in [0.1, 0.15) is 22.7 Å². The van der Waals surface area contributed by atoms with Gasteiger partial charge in [0.1, 0.15) is 12.4 Å². The van der Waals surface area contributed by atoms with E-state index in [-0.39, 0.29) is 12.6 Å². The standard InChI is InChI=1S/C28H32ClN5O4/c29-24-11-9-23(10-12-24)26(22-6-2-1-3-7-22)33-15-13-32(14-16-33)17-18-37-25-8-4-5-21(19-25)20-34(27(30)35)38-28(31)36/h1-12,19,26H,13-18,20H2,(H2,30,35)(H2,31,36)/t26-/m1/s1. The van der Waals surface area contributed by atoms with E-state index in [4.69, 9.17) is 27.8 Å². The van der Waals surface area contributed by atoms with E-state index in [1.54, 1.807) is 18.2 Å². The van der Waals surface area contributed by atoms with Crippen molar-refractivity contribution in [1.82, 2.24) is 14.9 Å². The maximum Gasteiger partial charge on any atom is 0.429 e. The molecule has 3 aromatic rings. The smallest absolute Gasteiger partial charge is 0.429 e. The topological polar surface area (TPSA) is 114 Å². The van der Waals surface area contributed by atoms with Crippen LogP contribution in [0.2, 0.25) is 5.02 Å². The van der Waals surface area contributed by atoms with Crippen molar-refractivity contribution in [1.29, 1.82) is 0 Å². The lowest BCUT2D eigenvalue weighted by Crippen LogP contribution is -2.48. The summed E-state index contributed by atoms with van der Waals surface area (Å²) in [5, 5.41) is 1.44. The fourth-order valence-electron chi connectivity index (χ4n) is 4.60. The summed E-state index contributed by atoms with van der Waals surface area (Å²) in [6, 6.07) is 25.1. The molecule has 0 bridgehead atoms. The number of nitrogens with two attached hydrogens (primary N) is 2. The van der Waals surface area contributed by atoms with Gasteiger partial charge in [-0.05, 0) is 41.0 Å². The molecular formula is C28H32ClN5O4. The maximum absolute atomic E-state index is 11.5. The molecular weight excluding hydrogens is 506 g/mol. The molecule has 200 valence electrons. The zero-order valence-electron chi connectivity index (χ0n) is 21.0. The van der Waals surface area contributed by atoms with E-state index in [0.717, 1.165) is 37.7 Å². The summed E-state index contributed by atoms with van der Waals surface area (Å²) >= 11 is 6.15. The van der Waals surface area contributed by atoms with Gasteiger partial charge in [-0.3, -0.25) is 9.80 Å². The summed E-state index contributed by atoms with van der Waals surface area (Å²) in [5.41, 5.74) is 13.4. The summed E-state index contributed by atoms with van der Waals surface area (Å²) in [4.78, 5) is 32.0. The first kappa shape index (κ1) is 27.3. The third-order valence-electron chi connectivity index (χ3n) is 6.42. The Morgan fingerprint density at radius 2 is 1.58 bits per heavy atom. The minimum absolute atomic E-state index is 0.0341. The van der Waals surface area contributed by atoms with Gasteiger partial charge < -0.3 is 21.0 Å². The van der Waals surface area contributed by atoms with Crippen molar-refractivity contribution in [2.75, 3.05) is 39.3 Å². The van der Waals surface area contributed by atoms with Crippen LogP contribution < -0.4 is 16.2 Å². The fraction of sp³-hybridized carbons (Fsp3) is 0.286. The van der Waals surface area contributed by atoms with Gasteiger partial charge in [0.25, 0.3) is 0 Å². The van der Waals surface area contributed by atoms with Crippen LogP contribution in [0, 0.1) is 0 Å². The number of piperazine rings is 1. The number of hydrogen-bond acceptors (Lipinski definition) is 6. The number of halogens is 1. The molecule has 9 nitrogen and oxygen atoms in total. The van der Waals surface area contributed by atoms with Crippen LogP contribution in [0.25, 0.3) is 0 Å². The molecule has 0 aromatic heterocycles. The third-order valence-corrected chi connectivity index (χ3v) is 6.67. The van der Waals surface area contributed by atoms with Crippen LogP contribution in [0.4, 0.5) is 9.59 Å². The number of carbonyl (C=O) groups is 2. The number of carbonyl (C=O) groups excluding carboxylic acids is 2. The summed E-state index contributed by atoms with van der Waals surface area (Å²) in [7, 11) is 0. The van der Waals surface area contributed by atoms with Gasteiger partial charge in [-0.1, -0.05) is 66.2 Å². The molecule has 0 saturated carbocycles. The van der Waals surface area contributed by atoms with Crippen LogP contribution in [0.3, 0.4) is 0 Å². The molecule has 0 aliphatic carbocycles. The fourth-order valence-corrected chi connectivity index (χ4v) is 4.72. The molecule has 1 fully saturated rings.